The first-order chi connectivity index (χ1) is 5.22. The predicted octanol–water partition coefficient (Wildman–Crippen LogP) is -0.146. The average molecular weight is 170 g/mol. The lowest BCUT2D eigenvalue weighted by atomic mass is 10.4. The van der Waals surface area contributed by atoms with E-state index in [-0.39, 0.29) is 18.7 Å². The van der Waals surface area contributed by atoms with Crippen LogP contribution in [-0.2, 0) is 13.1 Å². The summed E-state index contributed by atoms with van der Waals surface area (Å²) in [7, 11) is 0. The Labute approximate surface area is 70.5 Å². The van der Waals surface area contributed by atoms with Gasteiger partial charge in [-0.05, 0) is 6.42 Å². The third-order valence-electron chi connectivity index (χ3n) is 2.05. The van der Waals surface area contributed by atoms with Crippen molar-refractivity contribution in [2.45, 2.75) is 26.9 Å². The maximum atomic E-state index is 11.2. The van der Waals surface area contributed by atoms with E-state index in [1.54, 1.807) is 9.36 Å². The van der Waals surface area contributed by atoms with Crippen molar-refractivity contribution in [1.82, 2.24) is 9.36 Å². The number of rotatable bonds is 0. The van der Waals surface area contributed by atoms with Gasteiger partial charge < -0.3 is 11.5 Å². The van der Waals surface area contributed by atoms with Gasteiger partial charge in [0.25, 0.3) is 5.56 Å². The number of hydrogen-bond donors (Lipinski definition) is 2. The molecule has 0 saturated heterocycles. The van der Waals surface area contributed by atoms with Crippen molar-refractivity contribution in [2.75, 3.05) is 11.5 Å². The van der Waals surface area contributed by atoms with Crippen LogP contribution in [-0.4, -0.2) is 9.36 Å². The molecule has 1 aliphatic rings. The fourth-order valence-electron chi connectivity index (χ4n) is 1.46. The monoisotopic (exact) mass is 170 g/mol. The number of nitrogens with zero attached hydrogens (tertiary/aromatic N) is 2. The molecule has 0 aromatic carbocycles. The van der Waals surface area contributed by atoms with Crippen LogP contribution in [0.25, 0.3) is 0 Å². The third-order valence-corrected chi connectivity index (χ3v) is 2.05. The molecule has 68 valence electrons. The zero-order valence-corrected chi connectivity index (χ0v) is 6.08. The van der Waals surface area contributed by atoms with E-state index in [0.717, 1.165) is 19.5 Å². The van der Waals surface area contributed by atoms with E-state index < -0.39 is 0 Å². The van der Waals surface area contributed by atoms with Crippen molar-refractivity contribution in [3.63, 3.8) is 0 Å². The predicted molar refractivity (Wildman–Crippen MR) is 48.9 cm³/mol. The minimum Gasteiger partial charge on any atom is -0.391 e. The average Bonchev–Trinajstić information content (AvgIpc) is 2.53. The Morgan fingerprint density at radius 2 is 1.75 bits per heavy atom. The van der Waals surface area contributed by atoms with Gasteiger partial charge in [-0.3, -0.25) is 9.48 Å². The zero-order chi connectivity index (χ0) is 8.01. The summed E-state index contributed by atoms with van der Waals surface area (Å²) in [6.07, 6.45) is 0.972. The smallest absolute Gasteiger partial charge is 0.292 e. The lowest BCUT2D eigenvalue weighted by molar-refractivity contribution is 0.601. The molecule has 4 N–H and O–H groups in total. The first-order valence-corrected chi connectivity index (χ1v) is 3.56. The quantitative estimate of drug-likeness (QED) is 0.568. The maximum Gasteiger partial charge on any atom is 0.292 e. The molecule has 2 heterocycles. The van der Waals surface area contributed by atoms with Gasteiger partial charge in [-0.1, -0.05) is 7.43 Å². The highest BCUT2D eigenvalue weighted by molar-refractivity contribution is 5.57. The molecule has 1 aliphatic heterocycles. The van der Waals surface area contributed by atoms with Gasteiger partial charge in [0.15, 0.2) is 0 Å². The normalized spacial score (nSPS) is 14.0. The molecule has 0 atom stereocenters. The molecule has 1 aromatic heterocycles. The number of nitrogens with two attached hydrogens (primary N) is 2. The van der Waals surface area contributed by atoms with Crippen LogP contribution in [0, 0.1) is 0 Å². The van der Waals surface area contributed by atoms with Crippen molar-refractivity contribution in [3.05, 3.63) is 10.4 Å². The molecule has 1 aromatic rings. The molecule has 0 radical (unpaired) electrons. The van der Waals surface area contributed by atoms with Gasteiger partial charge in [0, 0.05) is 13.1 Å². The van der Waals surface area contributed by atoms with Crippen LogP contribution in [0.4, 0.5) is 11.5 Å². The van der Waals surface area contributed by atoms with E-state index in [2.05, 4.69) is 0 Å². The highest BCUT2D eigenvalue weighted by Gasteiger charge is 2.18. The molecule has 0 amide bonds. The van der Waals surface area contributed by atoms with Gasteiger partial charge >= 0.3 is 0 Å². The van der Waals surface area contributed by atoms with Crippen LogP contribution >= 0.6 is 0 Å². The molecule has 0 spiro atoms. The second-order valence-corrected chi connectivity index (χ2v) is 2.70. The maximum absolute atomic E-state index is 11.2. The number of aromatic nitrogens is 2. The van der Waals surface area contributed by atoms with Crippen LogP contribution in [0.5, 0.6) is 0 Å². The van der Waals surface area contributed by atoms with E-state index in [1.165, 1.54) is 0 Å². The Morgan fingerprint density at radius 3 is 2.33 bits per heavy atom. The van der Waals surface area contributed by atoms with Crippen molar-refractivity contribution in [3.8, 4) is 0 Å². The second-order valence-electron chi connectivity index (χ2n) is 2.70. The molecule has 12 heavy (non-hydrogen) atoms. The van der Waals surface area contributed by atoms with Gasteiger partial charge in [-0.2, -0.15) is 0 Å². The Bertz CT molecular complexity index is 349. The van der Waals surface area contributed by atoms with Crippen molar-refractivity contribution >= 4 is 11.5 Å². The molecular weight excluding hydrogens is 156 g/mol. The summed E-state index contributed by atoms with van der Waals surface area (Å²) >= 11 is 0. The lowest BCUT2D eigenvalue weighted by Crippen LogP contribution is -2.18. The molecular formula is C7H14N4O. The van der Waals surface area contributed by atoms with E-state index in [1.807, 2.05) is 0 Å². The summed E-state index contributed by atoms with van der Waals surface area (Å²) in [4.78, 5) is 11.2. The summed E-state index contributed by atoms with van der Waals surface area (Å²) < 4.78 is 3.32. The van der Waals surface area contributed by atoms with Crippen LogP contribution in [0.15, 0.2) is 4.79 Å². The third kappa shape index (κ3) is 0.823. The molecule has 0 unspecified atom stereocenters. The van der Waals surface area contributed by atoms with Gasteiger partial charge in [0.1, 0.15) is 11.5 Å². The van der Waals surface area contributed by atoms with Gasteiger partial charge in [0.2, 0.25) is 0 Å². The number of fused-ring (bicyclic) bond motifs is 1. The summed E-state index contributed by atoms with van der Waals surface area (Å²) in [6, 6.07) is 0. The van der Waals surface area contributed by atoms with Gasteiger partial charge in [-0.15, -0.1) is 0 Å². The topological polar surface area (TPSA) is 79.0 Å². The molecule has 0 aliphatic carbocycles. The largest absolute Gasteiger partial charge is 0.391 e. The highest BCUT2D eigenvalue weighted by atomic mass is 16.1. The summed E-state index contributed by atoms with van der Waals surface area (Å²) in [6.45, 7) is 1.54. The molecule has 5 heteroatoms. The van der Waals surface area contributed by atoms with E-state index in [0.29, 0.717) is 5.82 Å². The second kappa shape index (κ2) is 2.58. The highest BCUT2D eigenvalue weighted by Crippen LogP contribution is 2.15. The Balaban J connectivity index is 0.000000720. The van der Waals surface area contributed by atoms with Crippen LogP contribution in [0.1, 0.15) is 13.8 Å². The summed E-state index contributed by atoms with van der Waals surface area (Å²) in [5.41, 5.74) is 11.0. The van der Waals surface area contributed by atoms with E-state index >= 15 is 0 Å². The minimum atomic E-state index is -0.153. The van der Waals surface area contributed by atoms with Crippen LogP contribution in [0.2, 0.25) is 0 Å². The number of anilines is 2. The Kier molecular flexibility index (Phi) is 1.87. The van der Waals surface area contributed by atoms with Crippen LogP contribution < -0.4 is 17.0 Å². The molecule has 0 saturated carbocycles. The van der Waals surface area contributed by atoms with Gasteiger partial charge in [0.05, 0.1) is 0 Å². The Hall–Kier alpha value is -1.39. The minimum absolute atomic E-state index is 0. The van der Waals surface area contributed by atoms with Crippen molar-refractivity contribution in [2.24, 2.45) is 0 Å². The van der Waals surface area contributed by atoms with Crippen LogP contribution in [0.3, 0.4) is 0 Å². The first-order valence-electron chi connectivity index (χ1n) is 3.56. The number of hydrogen-bond acceptors (Lipinski definition) is 3. The van der Waals surface area contributed by atoms with E-state index in [4.69, 9.17) is 11.5 Å². The summed E-state index contributed by atoms with van der Waals surface area (Å²) in [5, 5.41) is 0. The molecule has 0 fully saturated rings. The zero-order valence-electron chi connectivity index (χ0n) is 6.08. The molecule has 2 rings (SSSR count). The van der Waals surface area contributed by atoms with E-state index in [9.17, 15) is 4.79 Å². The fourth-order valence-corrected chi connectivity index (χ4v) is 1.46. The van der Waals surface area contributed by atoms with Crippen molar-refractivity contribution in [1.29, 1.82) is 0 Å². The standard InChI is InChI=1S/C6H10N4O.CH4/c7-4-5(8)9-2-1-3-10(9)6(4)11;/h1-3,7-8H2;1H4. The SMILES string of the molecule is C.Nc1c(N)n2n(c1=O)CCC2. The summed E-state index contributed by atoms with van der Waals surface area (Å²) in [5.74, 6) is 0.410. The lowest BCUT2D eigenvalue weighted by Gasteiger charge is -1.98. The Morgan fingerprint density at radius 1 is 1.17 bits per heavy atom. The number of nitrogen functional groups attached to an aromatic ring is 2. The molecule has 0 bridgehead atoms. The first kappa shape index (κ1) is 8.70. The fraction of sp³-hybridized carbons (Fsp3) is 0.571. The van der Waals surface area contributed by atoms with Gasteiger partial charge in [-0.25, -0.2) is 4.68 Å². The molecule has 5 nitrogen and oxygen atoms in total. The van der Waals surface area contributed by atoms with Crippen molar-refractivity contribution < 1.29 is 0 Å².